The molecule has 140 valence electrons. The minimum absolute atomic E-state index is 0.0254. The Bertz CT molecular complexity index is 793. The fourth-order valence-electron chi connectivity index (χ4n) is 3.68. The first-order valence-electron chi connectivity index (χ1n) is 9.05. The maximum atomic E-state index is 5.77. The Morgan fingerprint density at radius 2 is 1.62 bits per heavy atom. The first-order valence-corrected chi connectivity index (χ1v) is 9.05. The number of hydrogen-bond donors (Lipinski definition) is 1. The van der Waals surface area contributed by atoms with Gasteiger partial charge in [0.05, 0.1) is 27.4 Å². The van der Waals surface area contributed by atoms with Crippen LogP contribution in [0.1, 0.15) is 49.1 Å². The van der Waals surface area contributed by atoms with E-state index in [0.717, 1.165) is 41.3 Å². The molecule has 0 saturated carbocycles. The molecule has 1 unspecified atom stereocenters. The summed E-state index contributed by atoms with van der Waals surface area (Å²) in [7, 11) is 5.17. The lowest BCUT2D eigenvalue weighted by molar-refractivity contribution is 0.380. The zero-order valence-electron chi connectivity index (χ0n) is 16.6. The van der Waals surface area contributed by atoms with Gasteiger partial charge in [0.15, 0.2) is 0 Å². The first-order chi connectivity index (χ1) is 12.4. The molecule has 4 heteroatoms. The Morgan fingerprint density at radius 3 is 2.23 bits per heavy atom. The SMILES string of the molecule is COc1ccc2c(c1)CCNC2c1cc(OC)c(C(C)(C)C)cc1OC. The van der Waals surface area contributed by atoms with E-state index in [2.05, 4.69) is 50.4 Å². The Morgan fingerprint density at radius 1 is 0.885 bits per heavy atom. The normalized spacial score (nSPS) is 16.8. The van der Waals surface area contributed by atoms with Gasteiger partial charge in [0.1, 0.15) is 17.2 Å². The van der Waals surface area contributed by atoms with Gasteiger partial charge in [-0.15, -0.1) is 0 Å². The molecule has 0 fully saturated rings. The summed E-state index contributed by atoms with van der Waals surface area (Å²) in [5.74, 6) is 2.68. The summed E-state index contributed by atoms with van der Waals surface area (Å²) < 4.78 is 16.9. The lowest BCUT2D eigenvalue weighted by Gasteiger charge is -2.31. The second kappa shape index (κ2) is 7.20. The Balaban J connectivity index is 2.13. The van der Waals surface area contributed by atoms with Crippen LogP contribution in [0, 0.1) is 0 Å². The van der Waals surface area contributed by atoms with Crippen molar-refractivity contribution in [1.82, 2.24) is 5.32 Å². The third-order valence-electron chi connectivity index (χ3n) is 5.07. The highest BCUT2D eigenvalue weighted by Gasteiger charge is 2.28. The van der Waals surface area contributed by atoms with E-state index in [0.29, 0.717) is 0 Å². The van der Waals surface area contributed by atoms with Gasteiger partial charge in [-0.3, -0.25) is 0 Å². The van der Waals surface area contributed by atoms with Crippen LogP contribution < -0.4 is 19.5 Å². The molecule has 0 aromatic heterocycles. The van der Waals surface area contributed by atoms with Crippen LogP contribution in [-0.4, -0.2) is 27.9 Å². The van der Waals surface area contributed by atoms with Crippen molar-refractivity contribution in [1.29, 1.82) is 0 Å². The molecule has 1 N–H and O–H groups in total. The molecule has 0 amide bonds. The van der Waals surface area contributed by atoms with Crippen molar-refractivity contribution in [3.05, 3.63) is 52.6 Å². The minimum Gasteiger partial charge on any atom is -0.497 e. The Hall–Kier alpha value is -2.20. The van der Waals surface area contributed by atoms with E-state index in [1.807, 2.05) is 6.07 Å². The molecule has 1 aliphatic heterocycles. The van der Waals surface area contributed by atoms with E-state index in [9.17, 15) is 0 Å². The van der Waals surface area contributed by atoms with E-state index < -0.39 is 0 Å². The molecular formula is C22H29NO3. The number of ether oxygens (including phenoxy) is 3. The lowest BCUT2D eigenvalue weighted by atomic mass is 9.83. The van der Waals surface area contributed by atoms with Gasteiger partial charge in [0.25, 0.3) is 0 Å². The largest absolute Gasteiger partial charge is 0.497 e. The lowest BCUT2D eigenvalue weighted by Crippen LogP contribution is -2.31. The van der Waals surface area contributed by atoms with Crippen LogP contribution in [0.2, 0.25) is 0 Å². The van der Waals surface area contributed by atoms with Crippen LogP contribution in [0.5, 0.6) is 17.2 Å². The van der Waals surface area contributed by atoms with Gasteiger partial charge < -0.3 is 19.5 Å². The fourth-order valence-corrected chi connectivity index (χ4v) is 3.68. The van der Waals surface area contributed by atoms with Gasteiger partial charge in [-0.25, -0.2) is 0 Å². The standard InChI is InChI=1S/C22H29NO3/c1-22(2,3)18-13-19(25-5)17(12-20(18)26-6)21-16-8-7-15(24-4)11-14(16)9-10-23-21/h7-8,11-13,21,23H,9-10H2,1-6H3. The van der Waals surface area contributed by atoms with Gasteiger partial charge in [0.2, 0.25) is 0 Å². The topological polar surface area (TPSA) is 39.7 Å². The van der Waals surface area contributed by atoms with Gasteiger partial charge in [0, 0.05) is 17.7 Å². The highest BCUT2D eigenvalue weighted by Crippen LogP contribution is 2.42. The molecule has 0 bridgehead atoms. The number of rotatable bonds is 4. The second-order valence-corrected chi connectivity index (χ2v) is 7.75. The summed E-state index contributed by atoms with van der Waals surface area (Å²) in [5, 5.41) is 3.64. The van der Waals surface area contributed by atoms with E-state index in [1.54, 1.807) is 21.3 Å². The number of nitrogens with one attached hydrogen (secondary N) is 1. The van der Waals surface area contributed by atoms with Crippen LogP contribution >= 0.6 is 0 Å². The van der Waals surface area contributed by atoms with Gasteiger partial charge in [-0.05, 0) is 47.2 Å². The maximum absolute atomic E-state index is 5.77. The summed E-state index contributed by atoms with van der Waals surface area (Å²) in [6.45, 7) is 7.47. The van der Waals surface area contributed by atoms with E-state index in [-0.39, 0.29) is 11.5 Å². The smallest absolute Gasteiger partial charge is 0.124 e. The summed E-state index contributed by atoms with van der Waals surface area (Å²) in [5.41, 5.74) is 4.80. The van der Waals surface area contributed by atoms with Crippen LogP contribution in [-0.2, 0) is 11.8 Å². The molecule has 1 aliphatic rings. The number of fused-ring (bicyclic) bond motifs is 1. The molecular weight excluding hydrogens is 326 g/mol. The number of methoxy groups -OCH3 is 3. The van der Waals surface area contributed by atoms with Crippen molar-refractivity contribution in [3.63, 3.8) is 0 Å². The van der Waals surface area contributed by atoms with Crippen molar-refractivity contribution in [3.8, 4) is 17.2 Å². The molecule has 2 aromatic rings. The monoisotopic (exact) mass is 355 g/mol. The van der Waals surface area contributed by atoms with Crippen molar-refractivity contribution < 1.29 is 14.2 Å². The van der Waals surface area contributed by atoms with Gasteiger partial charge in [-0.2, -0.15) is 0 Å². The van der Waals surface area contributed by atoms with Gasteiger partial charge in [-0.1, -0.05) is 26.8 Å². The highest BCUT2D eigenvalue weighted by atomic mass is 16.5. The summed E-state index contributed by atoms with van der Waals surface area (Å²) in [4.78, 5) is 0. The van der Waals surface area contributed by atoms with E-state index in [1.165, 1.54) is 11.1 Å². The average Bonchev–Trinajstić information content (AvgIpc) is 2.65. The third-order valence-corrected chi connectivity index (χ3v) is 5.07. The molecule has 3 rings (SSSR count). The number of benzene rings is 2. The third kappa shape index (κ3) is 3.38. The van der Waals surface area contributed by atoms with Crippen molar-refractivity contribution in [2.75, 3.05) is 27.9 Å². The molecule has 1 atom stereocenters. The molecule has 0 spiro atoms. The number of hydrogen-bond acceptors (Lipinski definition) is 4. The molecule has 4 nitrogen and oxygen atoms in total. The quantitative estimate of drug-likeness (QED) is 0.890. The summed E-state index contributed by atoms with van der Waals surface area (Å²) >= 11 is 0. The first kappa shape index (κ1) is 18.6. The van der Waals surface area contributed by atoms with Crippen LogP contribution in [0.25, 0.3) is 0 Å². The van der Waals surface area contributed by atoms with E-state index in [4.69, 9.17) is 14.2 Å². The van der Waals surface area contributed by atoms with Crippen LogP contribution in [0.3, 0.4) is 0 Å². The van der Waals surface area contributed by atoms with Crippen molar-refractivity contribution in [2.45, 2.75) is 38.6 Å². The van der Waals surface area contributed by atoms with Crippen LogP contribution in [0.15, 0.2) is 30.3 Å². The van der Waals surface area contributed by atoms with Gasteiger partial charge >= 0.3 is 0 Å². The zero-order valence-corrected chi connectivity index (χ0v) is 16.6. The average molecular weight is 355 g/mol. The predicted octanol–water partition coefficient (Wildman–Crippen LogP) is 4.25. The predicted molar refractivity (Wildman–Crippen MR) is 105 cm³/mol. The molecule has 0 aliphatic carbocycles. The summed E-state index contributed by atoms with van der Waals surface area (Å²) in [6.07, 6.45) is 0.989. The molecule has 0 saturated heterocycles. The van der Waals surface area contributed by atoms with Crippen LogP contribution in [0.4, 0.5) is 0 Å². The second-order valence-electron chi connectivity index (χ2n) is 7.75. The molecule has 1 heterocycles. The molecule has 0 radical (unpaired) electrons. The highest BCUT2D eigenvalue weighted by molar-refractivity contribution is 5.54. The Kier molecular flexibility index (Phi) is 5.15. The van der Waals surface area contributed by atoms with E-state index >= 15 is 0 Å². The molecule has 2 aromatic carbocycles. The maximum Gasteiger partial charge on any atom is 0.124 e. The Labute approximate surface area is 156 Å². The summed E-state index contributed by atoms with van der Waals surface area (Å²) in [6, 6.07) is 10.6. The fraction of sp³-hybridized carbons (Fsp3) is 0.455. The zero-order chi connectivity index (χ0) is 18.9. The molecule has 26 heavy (non-hydrogen) atoms. The van der Waals surface area contributed by atoms with Crippen molar-refractivity contribution >= 4 is 0 Å². The minimum atomic E-state index is -0.0254. The van der Waals surface area contributed by atoms with Crippen molar-refractivity contribution in [2.24, 2.45) is 0 Å².